The summed E-state index contributed by atoms with van der Waals surface area (Å²) in [4.78, 5) is 4.33. The van der Waals surface area contributed by atoms with Gasteiger partial charge in [0.25, 0.3) is 0 Å². The van der Waals surface area contributed by atoms with Crippen molar-refractivity contribution in [2.24, 2.45) is 0 Å². The quantitative estimate of drug-likeness (QED) is 0.877. The van der Waals surface area contributed by atoms with E-state index < -0.39 is 0 Å². The first-order chi connectivity index (χ1) is 7.85. The van der Waals surface area contributed by atoms with Crippen LogP contribution in [0.15, 0.2) is 36.5 Å². The molecule has 16 heavy (non-hydrogen) atoms. The molecule has 0 spiro atoms. The molecule has 1 unspecified atom stereocenters. The van der Waals surface area contributed by atoms with Crippen LogP contribution in [0.3, 0.4) is 0 Å². The van der Waals surface area contributed by atoms with Crippen molar-refractivity contribution < 1.29 is 0 Å². The van der Waals surface area contributed by atoms with E-state index in [-0.39, 0.29) is 0 Å². The van der Waals surface area contributed by atoms with Gasteiger partial charge in [0.1, 0.15) is 0 Å². The van der Waals surface area contributed by atoms with Gasteiger partial charge in [-0.3, -0.25) is 4.98 Å². The zero-order valence-corrected chi connectivity index (χ0v) is 10.4. The van der Waals surface area contributed by atoms with E-state index in [0.29, 0.717) is 6.04 Å². The lowest BCUT2D eigenvalue weighted by atomic mass is 10.1. The van der Waals surface area contributed by atoms with Crippen molar-refractivity contribution in [3.63, 3.8) is 0 Å². The van der Waals surface area contributed by atoms with Gasteiger partial charge in [0.2, 0.25) is 0 Å². The Balaban J connectivity index is 2.37. The third-order valence-corrected chi connectivity index (χ3v) is 3.38. The highest BCUT2D eigenvalue weighted by atomic mass is 32.2. The standard InChI is InChI=1S/C13H16N2S/c1-14-13(9-16-2)11-5-6-12-10(8-11)4-3-7-15-12/h3-8,13-14H,9H2,1-2H3. The van der Waals surface area contributed by atoms with Crippen molar-refractivity contribution in [3.05, 3.63) is 42.1 Å². The number of rotatable bonds is 4. The molecule has 0 aliphatic carbocycles. The summed E-state index contributed by atoms with van der Waals surface area (Å²) in [5.74, 6) is 1.09. The number of nitrogens with zero attached hydrogens (tertiary/aromatic N) is 1. The number of fused-ring (bicyclic) bond motifs is 1. The van der Waals surface area contributed by atoms with Gasteiger partial charge in [-0.15, -0.1) is 0 Å². The molecule has 0 radical (unpaired) electrons. The van der Waals surface area contributed by atoms with Gasteiger partial charge >= 0.3 is 0 Å². The first kappa shape index (κ1) is 11.4. The summed E-state index contributed by atoms with van der Waals surface area (Å²) in [7, 11) is 2.01. The van der Waals surface area contributed by atoms with E-state index in [1.54, 1.807) is 0 Å². The molecule has 2 nitrogen and oxygen atoms in total. The molecule has 1 aromatic heterocycles. The van der Waals surface area contributed by atoms with Crippen molar-refractivity contribution in [2.45, 2.75) is 6.04 Å². The molecule has 1 heterocycles. The lowest BCUT2D eigenvalue weighted by Crippen LogP contribution is -2.18. The Kier molecular flexibility index (Phi) is 3.80. The van der Waals surface area contributed by atoms with Crippen LogP contribution in [0.1, 0.15) is 11.6 Å². The zero-order chi connectivity index (χ0) is 11.4. The molecule has 3 heteroatoms. The van der Waals surface area contributed by atoms with Crippen LogP contribution in [0.25, 0.3) is 10.9 Å². The predicted molar refractivity (Wildman–Crippen MR) is 71.9 cm³/mol. The van der Waals surface area contributed by atoms with Gasteiger partial charge in [0.05, 0.1) is 5.52 Å². The Labute approximate surface area is 100 Å². The summed E-state index contributed by atoms with van der Waals surface area (Å²) in [6, 6.07) is 11.0. The number of hydrogen-bond donors (Lipinski definition) is 1. The van der Waals surface area contributed by atoms with E-state index in [1.165, 1.54) is 10.9 Å². The predicted octanol–water partition coefficient (Wildman–Crippen LogP) is 2.86. The summed E-state index contributed by atoms with van der Waals surface area (Å²) < 4.78 is 0. The second kappa shape index (κ2) is 5.32. The van der Waals surface area contributed by atoms with Crippen LogP contribution in [-0.4, -0.2) is 24.0 Å². The normalized spacial score (nSPS) is 12.9. The van der Waals surface area contributed by atoms with Gasteiger partial charge in [0, 0.05) is 23.4 Å². The number of pyridine rings is 1. The van der Waals surface area contributed by atoms with Crippen LogP contribution in [0.5, 0.6) is 0 Å². The smallest absolute Gasteiger partial charge is 0.0702 e. The van der Waals surface area contributed by atoms with E-state index in [1.807, 2.05) is 31.1 Å². The average Bonchev–Trinajstić information content (AvgIpc) is 2.35. The molecule has 0 saturated carbocycles. The van der Waals surface area contributed by atoms with Crippen molar-refractivity contribution in [1.82, 2.24) is 10.3 Å². The Morgan fingerprint density at radius 1 is 1.38 bits per heavy atom. The molecule has 2 aromatic rings. The zero-order valence-electron chi connectivity index (χ0n) is 9.60. The molecule has 1 N–H and O–H groups in total. The number of hydrogen-bond acceptors (Lipinski definition) is 3. The van der Waals surface area contributed by atoms with E-state index in [9.17, 15) is 0 Å². The van der Waals surface area contributed by atoms with Crippen molar-refractivity contribution in [1.29, 1.82) is 0 Å². The molecule has 84 valence electrons. The van der Waals surface area contributed by atoms with Crippen molar-refractivity contribution in [2.75, 3.05) is 19.1 Å². The summed E-state index contributed by atoms with van der Waals surface area (Å²) >= 11 is 1.86. The minimum atomic E-state index is 0.416. The number of benzene rings is 1. The molecule has 1 atom stereocenters. The fourth-order valence-electron chi connectivity index (χ4n) is 1.82. The molecule has 0 aliphatic rings. The Morgan fingerprint density at radius 3 is 3.00 bits per heavy atom. The summed E-state index contributed by atoms with van der Waals surface area (Å²) in [5, 5.41) is 4.55. The highest BCUT2D eigenvalue weighted by Gasteiger charge is 2.08. The van der Waals surface area contributed by atoms with Gasteiger partial charge in [-0.2, -0.15) is 11.8 Å². The van der Waals surface area contributed by atoms with Gasteiger partial charge in [0.15, 0.2) is 0 Å². The second-order valence-electron chi connectivity index (χ2n) is 3.75. The lowest BCUT2D eigenvalue weighted by molar-refractivity contribution is 0.663. The van der Waals surface area contributed by atoms with Crippen molar-refractivity contribution in [3.8, 4) is 0 Å². The minimum Gasteiger partial charge on any atom is -0.312 e. The molecule has 0 saturated heterocycles. The maximum atomic E-state index is 4.33. The summed E-state index contributed by atoms with van der Waals surface area (Å²) in [6.07, 6.45) is 3.96. The molecule has 1 aromatic carbocycles. The molecule has 0 bridgehead atoms. The molecule has 0 fully saturated rings. The molecule has 0 aliphatic heterocycles. The van der Waals surface area contributed by atoms with Crippen LogP contribution in [0.2, 0.25) is 0 Å². The summed E-state index contributed by atoms with van der Waals surface area (Å²) in [5.41, 5.74) is 2.39. The maximum Gasteiger partial charge on any atom is 0.0702 e. The largest absolute Gasteiger partial charge is 0.312 e. The SMILES string of the molecule is CNC(CSC)c1ccc2ncccc2c1. The van der Waals surface area contributed by atoms with Gasteiger partial charge < -0.3 is 5.32 Å². The first-order valence-corrected chi connectivity index (χ1v) is 6.75. The van der Waals surface area contributed by atoms with E-state index in [4.69, 9.17) is 0 Å². The maximum absolute atomic E-state index is 4.33. The van der Waals surface area contributed by atoms with E-state index >= 15 is 0 Å². The van der Waals surface area contributed by atoms with Crippen molar-refractivity contribution >= 4 is 22.7 Å². The molecular weight excluding hydrogens is 216 g/mol. The first-order valence-electron chi connectivity index (χ1n) is 5.36. The Bertz CT molecular complexity index is 470. The van der Waals surface area contributed by atoms with Gasteiger partial charge in [-0.25, -0.2) is 0 Å². The molecule has 2 rings (SSSR count). The van der Waals surface area contributed by atoms with Crippen LogP contribution in [0, 0.1) is 0 Å². The average molecular weight is 232 g/mol. The molecular formula is C13H16N2S. The van der Waals surface area contributed by atoms with Crippen LogP contribution in [-0.2, 0) is 0 Å². The fourth-order valence-corrected chi connectivity index (χ4v) is 2.52. The van der Waals surface area contributed by atoms with Gasteiger partial charge in [-0.05, 0) is 37.1 Å². The number of thioether (sulfide) groups is 1. The number of aromatic nitrogens is 1. The fraction of sp³-hybridized carbons (Fsp3) is 0.308. The van der Waals surface area contributed by atoms with Crippen LogP contribution < -0.4 is 5.32 Å². The summed E-state index contributed by atoms with van der Waals surface area (Å²) in [6.45, 7) is 0. The lowest BCUT2D eigenvalue weighted by Gasteiger charge is -2.15. The van der Waals surface area contributed by atoms with Gasteiger partial charge in [-0.1, -0.05) is 12.1 Å². The second-order valence-corrected chi connectivity index (χ2v) is 4.66. The van der Waals surface area contributed by atoms with E-state index in [2.05, 4.69) is 40.8 Å². The molecule has 0 amide bonds. The van der Waals surface area contributed by atoms with Crippen LogP contribution >= 0.6 is 11.8 Å². The Hall–Kier alpha value is -1.06. The Morgan fingerprint density at radius 2 is 2.25 bits per heavy atom. The van der Waals surface area contributed by atoms with E-state index in [0.717, 1.165) is 11.3 Å². The highest BCUT2D eigenvalue weighted by molar-refractivity contribution is 7.98. The highest BCUT2D eigenvalue weighted by Crippen LogP contribution is 2.21. The monoisotopic (exact) mass is 232 g/mol. The third kappa shape index (κ3) is 2.36. The minimum absolute atomic E-state index is 0.416. The number of nitrogens with one attached hydrogen (secondary N) is 1. The third-order valence-electron chi connectivity index (χ3n) is 2.71. The van der Waals surface area contributed by atoms with Crippen LogP contribution in [0.4, 0.5) is 0 Å². The topological polar surface area (TPSA) is 24.9 Å².